The predicted molar refractivity (Wildman–Crippen MR) is 54.8 cm³/mol. The van der Waals surface area contributed by atoms with Gasteiger partial charge in [0.2, 0.25) is 0 Å². The molecule has 0 aromatic rings. The molecule has 0 N–H and O–H groups in total. The summed E-state index contributed by atoms with van der Waals surface area (Å²) in [6.45, 7) is 7.15. The molecule has 2 saturated carbocycles. The fourth-order valence-electron chi connectivity index (χ4n) is 3.46. The maximum Gasteiger partial charge on any atom is 0.121 e. The summed E-state index contributed by atoms with van der Waals surface area (Å²) in [5.74, 6) is 0.853. The van der Waals surface area contributed by atoms with Crippen LogP contribution >= 0.6 is 11.6 Å². The summed E-state index contributed by atoms with van der Waals surface area (Å²) in [4.78, 5) is 0. The number of ether oxygens (including phenoxy) is 1. The molecule has 3 atom stereocenters. The average Bonchev–Trinajstić information content (AvgIpc) is 2.37. The maximum atomic E-state index is 5.65. The van der Waals surface area contributed by atoms with Gasteiger partial charge < -0.3 is 4.74 Å². The van der Waals surface area contributed by atoms with Crippen molar-refractivity contribution in [3.05, 3.63) is 0 Å². The van der Waals surface area contributed by atoms with Gasteiger partial charge in [-0.05, 0) is 36.0 Å². The van der Waals surface area contributed by atoms with Gasteiger partial charge in [-0.15, -0.1) is 0 Å². The van der Waals surface area contributed by atoms with Crippen molar-refractivity contribution in [1.82, 2.24) is 0 Å². The number of fused-ring (bicyclic) bond motifs is 2. The Hall–Kier alpha value is 0.250. The Labute approximate surface area is 85.8 Å². The van der Waals surface area contributed by atoms with Gasteiger partial charge in [-0.2, -0.15) is 0 Å². The minimum absolute atomic E-state index is 0.350. The lowest BCUT2D eigenvalue weighted by Gasteiger charge is -2.38. The fourth-order valence-corrected chi connectivity index (χ4v) is 3.61. The molecule has 76 valence electrons. The molecular weight excluding hydrogens is 184 g/mol. The Kier molecular flexibility index (Phi) is 2.16. The molecule has 2 heteroatoms. The minimum Gasteiger partial charge on any atom is -0.362 e. The molecule has 2 fully saturated rings. The summed E-state index contributed by atoms with van der Waals surface area (Å²) < 4.78 is 5.64. The summed E-state index contributed by atoms with van der Waals surface area (Å²) in [6, 6.07) is 0.350. The SMILES string of the molecule is CC1(C)C2CCC1(C)C(OCCl)C2. The first-order valence-electron chi connectivity index (χ1n) is 5.20. The summed E-state index contributed by atoms with van der Waals surface area (Å²) in [5.41, 5.74) is 0.816. The van der Waals surface area contributed by atoms with Crippen molar-refractivity contribution < 1.29 is 4.74 Å². The van der Waals surface area contributed by atoms with Crippen molar-refractivity contribution in [2.75, 3.05) is 6.07 Å². The third-order valence-corrected chi connectivity index (χ3v) is 5.10. The van der Waals surface area contributed by atoms with Crippen molar-refractivity contribution in [3.8, 4) is 0 Å². The van der Waals surface area contributed by atoms with Crippen LogP contribution in [0.1, 0.15) is 40.0 Å². The van der Waals surface area contributed by atoms with Crippen LogP contribution < -0.4 is 0 Å². The van der Waals surface area contributed by atoms with Crippen molar-refractivity contribution in [1.29, 1.82) is 0 Å². The zero-order valence-electron chi connectivity index (χ0n) is 8.77. The lowest BCUT2D eigenvalue weighted by Crippen LogP contribution is -2.36. The Balaban J connectivity index is 2.22. The Morgan fingerprint density at radius 1 is 1.38 bits per heavy atom. The van der Waals surface area contributed by atoms with Crippen molar-refractivity contribution in [3.63, 3.8) is 0 Å². The quantitative estimate of drug-likeness (QED) is 0.624. The van der Waals surface area contributed by atoms with Gasteiger partial charge in [0.1, 0.15) is 6.07 Å². The molecule has 0 spiro atoms. The summed E-state index contributed by atoms with van der Waals surface area (Å²) in [5, 5.41) is 0. The number of hydrogen-bond acceptors (Lipinski definition) is 1. The van der Waals surface area contributed by atoms with Crippen LogP contribution in [0.2, 0.25) is 0 Å². The topological polar surface area (TPSA) is 9.23 Å². The van der Waals surface area contributed by atoms with Gasteiger partial charge in [0.05, 0.1) is 6.10 Å². The lowest BCUT2D eigenvalue weighted by molar-refractivity contribution is -0.0283. The fraction of sp³-hybridized carbons (Fsp3) is 1.00. The van der Waals surface area contributed by atoms with Crippen molar-refractivity contribution >= 4 is 11.6 Å². The second kappa shape index (κ2) is 2.87. The van der Waals surface area contributed by atoms with Crippen LogP contribution in [0.5, 0.6) is 0 Å². The smallest absolute Gasteiger partial charge is 0.121 e. The monoisotopic (exact) mass is 202 g/mol. The highest BCUT2D eigenvalue weighted by molar-refractivity contribution is 6.17. The van der Waals surface area contributed by atoms with E-state index in [0.717, 1.165) is 5.92 Å². The van der Waals surface area contributed by atoms with Crippen molar-refractivity contribution in [2.24, 2.45) is 16.7 Å². The van der Waals surface area contributed by atoms with Crippen LogP contribution in [0.4, 0.5) is 0 Å². The van der Waals surface area contributed by atoms with Crippen LogP contribution in [0.25, 0.3) is 0 Å². The molecule has 1 nitrogen and oxygen atoms in total. The lowest BCUT2D eigenvalue weighted by atomic mass is 9.70. The molecule has 13 heavy (non-hydrogen) atoms. The number of halogens is 1. The van der Waals surface area contributed by atoms with E-state index < -0.39 is 0 Å². The highest BCUT2D eigenvalue weighted by Crippen LogP contribution is 2.66. The van der Waals surface area contributed by atoms with Gasteiger partial charge in [-0.3, -0.25) is 0 Å². The van der Waals surface area contributed by atoms with Gasteiger partial charge in [0, 0.05) is 0 Å². The second-order valence-corrected chi connectivity index (χ2v) is 5.59. The Bertz CT molecular complexity index is 214. The van der Waals surface area contributed by atoms with E-state index in [9.17, 15) is 0 Å². The third kappa shape index (κ3) is 1.10. The molecule has 0 radical (unpaired) electrons. The molecule has 2 bridgehead atoms. The molecule has 0 aliphatic heterocycles. The first-order valence-corrected chi connectivity index (χ1v) is 5.73. The van der Waals surface area contributed by atoms with Crippen LogP contribution in [0.15, 0.2) is 0 Å². The molecule has 2 aliphatic rings. The van der Waals surface area contributed by atoms with Crippen LogP contribution in [-0.4, -0.2) is 12.2 Å². The molecule has 0 heterocycles. The predicted octanol–water partition coefficient (Wildman–Crippen LogP) is 3.41. The van der Waals surface area contributed by atoms with E-state index in [4.69, 9.17) is 16.3 Å². The molecule has 0 amide bonds. The van der Waals surface area contributed by atoms with Crippen LogP contribution in [0, 0.1) is 16.7 Å². The average molecular weight is 203 g/mol. The van der Waals surface area contributed by atoms with Gasteiger partial charge in [-0.1, -0.05) is 32.4 Å². The van der Waals surface area contributed by atoms with E-state index in [-0.39, 0.29) is 0 Å². The molecule has 0 aromatic heterocycles. The molecule has 0 aromatic carbocycles. The minimum atomic E-state index is 0.350. The summed E-state index contributed by atoms with van der Waals surface area (Å²) in [7, 11) is 0. The molecule has 2 rings (SSSR count). The highest BCUT2D eigenvalue weighted by atomic mass is 35.5. The van der Waals surface area contributed by atoms with E-state index in [1.54, 1.807) is 0 Å². The molecule has 2 aliphatic carbocycles. The van der Waals surface area contributed by atoms with Gasteiger partial charge >= 0.3 is 0 Å². The van der Waals surface area contributed by atoms with Crippen LogP contribution in [-0.2, 0) is 4.74 Å². The zero-order valence-corrected chi connectivity index (χ0v) is 9.53. The number of hydrogen-bond donors (Lipinski definition) is 0. The maximum absolute atomic E-state index is 5.65. The number of rotatable bonds is 2. The van der Waals surface area contributed by atoms with Gasteiger partial charge in [0.15, 0.2) is 0 Å². The highest BCUT2D eigenvalue weighted by Gasteiger charge is 2.61. The molecular formula is C11H19ClO. The second-order valence-electron chi connectivity index (χ2n) is 5.37. The van der Waals surface area contributed by atoms with Gasteiger partial charge in [-0.25, -0.2) is 0 Å². The Morgan fingerprint density at radius 2 is 2.08 bits per heavy atom. The van der Waals surface area contributed by atoms with Gasteiger partial charge in [0.25, 0.3) is 0 Å². The number of alkyl halides is 1. The zero-order chi connectivity index (χ0) is 9.69. The standard InChI is InChI=1S/C11H19ClO/c1-10(2)8-4-5-11(10,3)9(6-8)13-7-12/h8-9H,4-7H2,1-3H3. The summed E-state index contributed by atoms with van der Waals surface area (Å²) >= 11 is 5.65. The molecule has 3 unspecified atom stereocenters. The third-order valence-electron chi connectivity index (χ3n) is 4.98. The normalized spacial score (nSPS) is 47.1. The van der Waals surface area contributed by atoms with Crippen molar-refractivity contribution in [2.45, 2.75) is 46.1 Å². The van der Waals surface area contributed by atoms with E-state index in [1.807, 2.05) is 0 Å². The van der Waals surface area contributed by atoms with E-state index in [2.05, 4.69) is 20.8 Å². The first kappa shape index (κ1) is 9.79. The Morgan fingerprint density at radius 3 is 2.46 bits per heavy atom. The van der Waals surface area contributed by atoms with E-state index in [1.165, 1.54) is 19.3 Å². The van der Waals surface area contributed by atoms with E-state index in [0.29, 0.717) is 23.0 Å². The molecule has 0 saturated heterocycles. The van der Waals surface area contributed by atoms with Crippen LogP contribution in [0.3, 0.4) is 0 Å². The first-order chi connectivity index (χ1) is 6.02. The summed E-state index contributed by atoms with van der Waals surface area (Å²) in [6.07, 6.45) is 4.31. The van der Waals surface area contributed by atoms with E-state index >= 15 is 0 Å². The largest absolute Gasteiger partial charge is 0.362 e.